The van der Waals surface area contributed by atoms with E-state index in [1.807, 2.05) is 11.0 Å². The van der Waals surface area contributed by atoms with Crippen LogP contribution in [0.25, 0.3) is 0 Å². The van der Waals surface area contributed by atoms with Gasteiger partial charge in [-0.1, -0.05) is 33.8 Å². The topological polar surface area (TPSA) is 23.6 Å². The Morgan fingerprint density at radius 1 is 0.952 bits per heavy atom. The number of hydrogen-bond donors (Lipinski definition) is 0. The lowest BCUT2D eigenvalue weighted by Crippen LogP contribution is -2.47. The molecule has 3 nitrogen and oxygen atoms in total. The molecule has 1 amide bonds. The largest absolute Gasteiger partial charge is 0.336 e. The van der Waals surface area contributed by atoms with E-state index >= 15 is 0 Å². The molecule has 1 saturated heterocycles. The molecule has 2 rings (SSSR count). The zero-order chi connectivity index (χ0) is 15.6. The first-order chi connectivity index (χ1) is 9.90. The molecular weight excluding hydrogens is 260 g/mol. The molecule has 1 aliphatic heterocycles. The maximum atomic E-state index is 12.7. The highest BCUT2D eigenvalue weighted by molar-refractivity contribution is 5.94. The molecule has 0 spiro atoms. The van der Waals surface area contributed by atoms with E-state index < -0.39 is 0 Å². The van der Waals surface area contributed by atoms with Crippen LogP contribution in [0.15, 0.2) is 18.2 Å². The molecule has 116 valence electrons. The van der Waals surface area contributed by atoms with Crippen molar-refractivity contribution in [2.45, 2.75) is 39.5 Å². The summed E-state index contributed by atoms with van der Waals surface area (Å²) < 4.78 is 0. The van der Waals surface area contributed by atoms with Crippen molar-refractivity contribution < 1.29 is 4.79 Å². The number of piperazine rings is 1. The van der Waals surface area contributed by atoms with Gasteiger partial charge in [-0.15, -0.1) is 0 Å². The van der Waals surface area contributed by atoms with Crippen molar-refractivity contribution in [3.05, 3.63) is 34.9 Å². The van der Waals surface area contributed by atoms with E-state index in [0.717, 1.165) is 31.7 Å². The van der Waals surface area contributed by atoms with Crippen LogP contribution in [-0.2, 0) is 0 Å². The normalized spacial score (nSPS) is 16.8. The second-order valence-electron chi connectivity index (χ2n) is 6.75. The van der Waals surface area contributed by atoms with Crippen molar-refractivity contribution in [1.82, 2.24) is 9.80 Å². The van der Waals surface area contributed by atoms with E-state index in [1.165, 1.54) is 11.1 Å². The lowest BCUT2D eigenvalue weighted by Gasteiger charge is -2.32. The maximum Gasteiger partial charge on any atom is 0.253 e. The minimum atomic E-state index is 0.181. The number of likely N-dealkylation sites (N-methyl/N-ethyl adjacent to an activating group) is 1. The molecule has 1 aromatic carbocycles. The highest BCUT2D eigenvalue weighted by Crippen LogP contribution is 2.27. The van der Waals surface area contributed by atoms with Gasteiger partial charge in [0.1, 0.15) is 0 Å². The monoisotopic (exact) mass is 288 g/mol. The highest BCUT2D eigenvalue weighted by Gasteiger charge is 2.21. The third-order valence-electron chi connectivity index (χ3n) is 4.37. The summed E-state index contributed by atoms with van der Waals surface area (Å²) in [5.41, 5.74) is 3.51. The first-order valence-electron chi connectivity index (χ1n) is 8.01. The molecule has 1 fully saturated rings. The summed E-state index contributed by atoms with van der Waals surface area (Å²) in [7, 11) is 2.11. The number of hydrogen-bond acceptors (Lipinski definition) is 2. The quantitative estimate of drug-likeness (QED) is 0.852. The van der Waals surface area contributed by atoms with E-state index in [2.05, 4.69) is 51.8 Å². The minimum absolute atomic E-state index is 0.181. The van der Waals surface area contributed by atoms with Crippen LogP contribution >= 0.6 is 0 Å². The smallest absolute Gasteiger partial charge is 0.253 e. The number of amides is 1. The molecule has 0 unspecified atom stereocenters. The Hall–Kier alpha value is -1.35. The Morgan fingerprint density at radius 3 is 2.05 bits per heavy atom. The molecule has 1 heterocycles. The number of carbonyl (C=O) groups excluding carboxylic acids is 1. The van der Waals surface area contributed by atoms with Gasteiger partial charge in [0.05, 0.1) is 0 Å². The van der Waals surface area contributed by atoms with Crippen molar-refractivity contribution in [2.75, 3.05) is 33.2 Å². The Morgan fingerprint density at radius 2 is 1.52 bits per heavy atom. The van der Waals surface area contributed by atoms with Gasteiger partial charge in [-0.3, -0.25) is 4.79 Å². The molecule has 0 aromatic heterocycles. The predicted octanol–water partition coefficient (Wildman–Crippen LogP) is 3.32. The number of benzene rings is 1. The molecule has 0 aliphatic carbocycles. The van der Waals surface area contributed by atoms with Crippen LogP contribution in [0.2, 0.25) is 0 Å². The molecule has 0 atom stereocenters. The SMILES string of the molecule is CC(C)c1ccc(C(=O)N2CCN(C)CC2)cc1C(C)C. The summed E-state index contributed by atoms with van der Waals surface area (Å²) in [6.45, 7) is 12.4. The van der Waals surface area contributed by atoms with E-state index in [9.17, 15) is 4.79 Å². The second-order valence-corrected chi connectivity index (χ2v) is 6.75. The van der Waals surface area contributed by atoms with E-state index in [-0.39, 0.29) is 5.91 Å². The van der Waals surface area contributed by atoms with Crippen molar-refractivity contribution in [3.8, 4) is 0 Å². The molecule has 3 heteroatoms. The molecule has 0 N–H and O–H groups in total. The molecule has 0 saturated carbocycles. The summed E-state index contributed by atoms with van der Waals surface area (Å²) in [6.07, 6.45) is 0. The highest BCUT2D eigenvalue weighted by atomic mass is 16.2. The van der Waals surface area contributed by atoms with Crippen LogP contribution in [0.3, 0.4) is 0 Å². The van der Waals surface area contributed by atoms with Crippen LogP contribution < -0.4 is 0 Å². The summed E-state index contributed by atoms with van der Waals surface area (Å²) in [4.78, 5) is 16.9. The zero-order valence-corrected chi connectivity index (χ0v) is 14.0. The van der Waals surface area contributed by atoms with Crippen LogP contribution in [-0.4, -0.2) is 48.9 Å². The number of carbonyl (C=O) groups is 1. The fourth-order valence-corrected chi connectivity index (χ4v) is 2.93. The van der Waals surface area contributed by atoms with Gasteiger partial charge in [-0.25, -0.2) is 0 Å². The molecule has 1 aromatic rings. The molecule has 1 aliphatic rings. The number of nitrogens with zero attached hydrogens (tertiary/aromatic N) is 2. The zero-order valence-electron chi connectivity index (χ0n) is 14.0. The Balaban J connectivity index is 2.24. The fourth-order valence-electron chi connectivity index (χ4n) is 2.93. The van der Waals surface area contributed by atoms with Gasteiger partial charge in [0.15, 0.2) is 0 Å². The second kappa shape index (κ2) is 6.61. The molecule has 0 bridgehead atoms. The number of rotatable bonds is 3. The van der Waals surface area contributed by atoms with Gasteiger partial charge in [-0.2, -0.15) is 0 Å². The van der Waals surface area contributed by atoms with Crippen LogP contribution in [0.5, 0.6) is 0 Å². The minimum Gasteiger partial charge on any atom is -0.336 e. The fraction of sp³-hybridized carbons (Fsp3) is 0.611. The average molecular weight is 288 g/mol. The molecule has 0 radical (unpaired) electrons. The van der Waals surface area contributed by atoms with E-state index in [4.69, 9.17) is 0 Å². The summed E-state index contributed by atoms with van der Waals surface area (Å²) in [6, 6.07) is 6.26. The van der Waals surface area contributed by atoms with Gasteiger partial charge in [0.2, 0.25) is 0 Å². The first kappa shape index (κ1) is 16.0. The third-order valence-corrected chi connectivity index (χ3v) is 4.37. The van der Waals surface area contributed by atoms with Gasteiger partial charge in [0.25, 0.3) is 5.91 Å². The van der Waals surface area contributed by atoms with E-state index in [0.29, 0.717) is 11.8 Å². The van der Waals surface area contributed by atoms with Crippen LogP contribution in [0, 0.1) is 0 Å². The summed E-state index contributed by atoms with van der Waals surface area (Å²) in [5, 5.41) is 0. The average Bonchev–Trinajstić information content (AvgIpc) is 2.46. The van der Waals surface area contributed by atoms with E-state index in [1.54, 1.807) is 0 Å². The van der Waals surface area contributed by atoms with Crippen molar-refractivity contribution in [1.29, 1.82) is 0 Å². The Bertz CT molecular complexity index is 500. The third kappa shape index (κ3) is 3.65. The van der Waals surface area contributed by atoms with Crippen molar-refractivity contribution >= 4 is 5.91 Å². The predicted molar refractivity (Wildman–Crippen MR) is 88.0 cm³/mol. The van der Waals surface area contributed by atoms with Gasteiger partial charge >= 0.3 is 0 Å². The Kier molecular flexibility index (Phi) is 5.04. The van der Waals surface area contributed by atoms with Crippen LogP contribution in [0.4, 0.5) is 0 Å². The summed E-state index contributed by atoms with van der Waals surface area (Å²) >= 11 is 0. The first-order valence-corrected chi connectivity index (χ1v) is 8.01. The van der Waals surface area contributed by atoms with Gasteiger partial charge < -0.3 is 9.80 Å². The van der Waals surface area contributed by atoms with Crippen molar-refractivity contribution in [2.24, 2.45) is 0 Å². The lowest BCUT2D eigenvalue weighted by atomic mass is 9.89. The Labute approximate surface area is 128 Å². The standard InChI is InChI=1S/C18H28N2O/c1-13(2)16-7-6-15(12-17(16)14(3)4)18(21)20-10-8-19(5)9-11-20/h6-7,12-14H,8-11H2,1-5H3. The van der Waals surface area contributed by atoms with Gasteiger partial charge in [-0.05, 0) is 42.1 Å². The van der Waals surface area contributed by atoms with Gasteiger partial charge in [0, 0.05) is 31.7 Å². The van der Waals surface area contributed by atoms with Crippen molar-refractivity contribution in [3.63, 3.8) is 0 Å². The lowest BCUT2D eigenvalue weighted by molar-refractivity contribution is 0.0664. The summed E-state index contributed by atoms with van der Waals surface area (Å²) in [5.74, 6) is 1.12. The van der Waals surface area contributed by atoms with Crippen LogP contribution in [0.1, 0.15) is 61.0 Å². The molecular formula is C18H28N2O. The molecule has 21 heavy (non-hydrogen) atoms. The maximum absolute atomic E-state index is 12.7.